The van der Waals surface area contributed by atoms with Gasteiger partial charge in [-0.05, 0) is 48.4 Å². The number of nitrogens with one attached hydrogen (secondary N) is 1. The number of para-hydroxylation sites is 1. The minimum Gasteiger partial charge on any atom is -0.483 e. The third-order valence-corrected chi connectivity index (χ3v) is 7.84. The fraction of sp³-hybridized carbons (Fsp3) is 0.231. The predicted molar refractivity (Wildman–Crippen MR) is 136 cm³/mol. The fourth-order valence-electron chi connectivity index (χ4n) is 3.80. The molecule has 0 bridgehead atoms. The first-order valence-corrected chi connectivity index (χ1v) is 13.4. The van der Waals surface area contributed by atoms with Gasteiger partial charge in [-0.1, -0.05) is 43.6 Å². The van der Waals surface area contributed by atoms with Gasteiger partial charge in [-0.25, -0.2) is 17.8 Å². The van der Waals surface area contributed by atoms with Crippen LogP contribution >= 0.6 is 11.6 Å². The summed E-state index contributed by atoms with van der Waals surface area (Å²) in [6.45, 7) is 3.84. The van der Waals surface area contributed by atoms with Gasteiger partial charge in [0.25, 0.3) is 5.91 Å². The maximum atomic E-state index is 14.1. The standard InChI is InChI=1S/C26H25ClFN3O4S/c1-3-23-22(16-35-25-20(27)6-5-7-21(25)28)30-24-14-18(12-13-31(23)24)26(32)29-15-17-8-10-19(11-9-17)36(33,34)4-2/h5-14H,3-4,15-16H2,1-2H3,(H,29,32). The molecule has 10 heteroatoms. The van der Waals surface area contributed by atoms with Crippen molar-refractivity contribution in [2.45, 2.75) is 38.3 Å². The van der Waals surface area contributed by atoms with Crippen molar-refractivity contribution in [3.63, 3.8) is 0 Å². The zero-order valence-electron chi connectivity index (χ0n) is 19.8. The van der Waals surface area contributed by atoms with Crippen LogP contribution in [-0.4, -0.2) is 29.5 Å². The van der Waals surface area contributed by atoms with Crippen LogP contribution in [0, 0.1) is 5.82 Å². The van der Waals surface area contributed by atoms with E-state index in [4.69, 9.17) is 16.3 Å². The van der Waals surface area contributed by atoms with Crippen molar-refractivity contribution in [2.75, 3.05) is 5.75 Å². The average molecular weight is 530 g/mol. The first-order chi connectivity index (χ1) is 17.2. The largest absolute Gasteiger partial charge is 0.483 e. The highest BCUT2D eigenvalue weighted by molar-refractivity contribution is 7.91. The molecule has 4 aromatic rings. The number of fused-ring (bicyclic) bond motifs is 1. The number of imidazole rings is 1. The van der Waals surface area contributed by atoms with Gasteiger partial charge >= 0.3 is 0 Å². The molecule has 0 radical (unpaired) electrons. The van der Waals surface area contributed by atoms with Gasteiger partial charge in [-0.3, -0.25) is 4.79 Å². The summed E-state index contributed by atoms with van der Waals surface area (Å²) in [6.07, 6.45) is 2.42. The first kappa shape index (κ1) is 25.7. The van der Waals surface area contributed by atoms with E-state index in [0.717, 1.165) is 11.3 Å². The number of hydrogen-bond donors (Lipinski definition) is 1. The van der Waals surface area contributed by atoms with E-state index in [-0.39, 0.29) is 40.5 Å². The van der Waals surface area contributed by atoms with Crippen LogP contribution in [0.15, 0.2) is 65.7 Å². The minimum absolute atomic E-state index is 0.0246. The number of hydrogen-bond acceptors (Lipinski definition) is 5. The van der Waals surface area contributed by atoms with Crippen LogP contribution in [0.3, 0.4) is 0 Å². The number of carbonyl (C=O) groups excluding carboxylic acids is 1. The van der Waals surface area contributed by atoms with E-state index in [1.807, 2.05) is 11.3 Å². The Balaban J connectivity index is 1.48. The molecule has 0 saturated carbocycles. The Labute approximate surface area is 213 Å². The number of aromatic nitrogens is 2. The number of carbonyl (C=O) groups is 1. The Hall–Kier alpha value is -3.43. The van der Waals surface area contributed by atoms with Crippen molar-refractivity contribution in [2.24, 2.45) is 0 Å². The molecule has 0 fully saturated rings. The highest BCUT2D eigenvalue weighted by Gasteiger charge is 2.16. The minimum atomic E-state index is -3.27. The Bertz CT molecular complexity index is 1500. The smallest absolute Gasteiger partial charge is 0.251 e. The average Bonchev–Trinajstić information content (AvgIpc) is 3.23. The van der Waals surface area contributed by atoms with Crippen LogP contribution in [0.2, 0.25) is 5.02 Å². The highest BCUT2D eigenvalue weighted by atomic mass is 35.5. The second-order valence-electron chi connectivity index (χ2n) is 8.07. The lowest BCUT2D eigenvalue weighted by molar-refractivity contribution is 0.0951. The number of halogens is 2. The number of ether oxygens (including phenoxy) is 1. The van der Waals surface area contributed by atoms with Gasteiger partial charge in [-0.2, -0.15) is 0 Å². The van der Waals surface area contributed by atoms with Gasteiger partial charge in [0, 0.05) is 24.0 Å². The molecule has 0 atom stereocenters. The summed E-state index contributed by atoms with van der Waals surface area (Å²) in [5.41, 5.74) is 3.26. The maximum Gasteiger partial charge on any atom is 0.251 e. The van der Waals surface area contributed by atoms with Crippen molar-refractivity contribution in [3.8, 4) is 5.75 Å². The zero-order chi connectivity index (χ0) is 25.9. The fourth-order valence-corrected chi connectivity index (χ4v) is 4.90. The van der Waals surface area contributed by atoms with Crippen molar-refractivity contribution >= 4 is 33.0 Å². The predicted octanol–water partition coefficient (Wildman–Crippen LogP) is 4.99. The molecule has 188 valence electrons. The molecule has 0 spiro atoms. The lowest BCUT2D eigenvalue weighted by atomic mass is 10.2. The summed E-state index contributed by atoms with van der Waals surface area (Å²) in [7, 11) is -3.27. The summed E-state index contributed by atoms with van der Waals surface area (Å²) in [6, 6.07) is 14.1. The molecule has 1 amide bonds. The molecule has 0 aliphatic rings. The number of aryl methyl sites for hydroxylation is 1. The molecule has 4 rings (SSSR count). The van der Waals surface area contributed by atoms with E-state index in [1.54, 1.807) is 55.6 Å². The molecule has 7 nitrogen and oxygen atoms in total. The summed E-state index contributed by atoms with van der Waals surface area (Å²) >= 11 is 6.05. The summed E-state index contributed by atoms with van der Waals surface area (Å²) < 4.78 is 45.5. The number of nitrogens with zero attached hydrogens (tertiary/aromatic N) is 2. The zero-order valence-corrected chi connectivity index (χ0v) is 21.4. The number of sulfone groups is 1. The van der Waals surface area contributed by atoms with Crippen LogP contribution in [0.25, 0.3) is 5.65 Å². The Morgan fingerprint density at radius 3 is 2.56 bits per heavy atom. The third-order valence-electron chi connectivity index (χ3n) is 5.79. The van der Waals surface area contributed by atoms with E-state index in [0.29, 0.717) is 23.3 Å². The van der Waals surface area contributed by atoms with E-state index in [1.165, 1.54) is 12.1 Å². The highest BCUT2D eigenvalue weighted by Crippen LogP contribution is 2.28. The Kier molecular flexibility index (Phi) is 7.61. The third kappa shape index (κ3) is 5.37. The Morgan fingerprint density at radius 1 is 1.14 bits per heavy atom. The molecule has 2 aromatic carbocycles. The van der Waals surface area contributed by atoms with Crippen LogP contribution in [-0.2, 0) is 29.4 Å². The van der Waals surface area contributed by atoms with E-state index in [9.17, 15) is 17.6 Å². The Morgan fingerprint density at radius 2 is 1.89 bits per heavy atom. The number of benzene rings is 2. The van der Waals surface area contributed by atoms with Crippen molar-refractivity contribution in [1.82, 2.24) is 14.7 Å². The van der Waals surface area contributed by atoms with Gasteiger partial charge in [0.05, 0.1) is 15.7 Å². The molecule has 0 aliphatic carbocycles. The van der Waals surface area contributed by atoms with Crippen molar-refractivity contribution in [1.29, 1.82) is 0 Å². The summed E-state index contributed by atoms with van der Waals surface area (Å²) in [4.78, 5) is 17.6. The molecular formula is C26H25ClFN3O4S. The molecule has 1 N–H and O–H groups in total. The van der Waals surface area contributed by atoms with E-state index < -0.39 is 15.7 Å². The number of amides is 1. The van der Waals surface area contributed by atoms with Gasteiger partial charge in [0.15, 0.2) is 21.4 Å². The second-order valence-corrected chi connectivity index (χ2v) is 10.8. The topological polar surface area (TPSA) is 89.8 Å². The SMILES string of the molecule is CCc1c(COc2c(F)cccc2Cl)nc2cc(C(=O)NCc3ccc(S(=O)(=O)CC)cc3)ccn12. The maximum absolute atomic E-state index is 14.1. The normalized spacial score (nSPS) is 11.6. The number of pyridine rings is 1. The van der Waals surface area contributed by atoms with Crippen molar-refractivity contribution in [3.05, 3.63) is 94.1 Å². The lowest BCUT2D eigenvalue weighted by Crippen LogP contribution is -2.23. The van der Waals surface area contributed by atoms with Crippen molar-refractivity contribution < 1.29 is 22.3 Å². The summed E-state index contributed by atoms with van der Waals surface area (Å²) in [5, 5.41) is 3.02. The van der Waals surface area contributed by atoms with Crippen LogP contribution in [0.1, 0.15) is 41.2 Å². The van der Waals surface area contributed by atoms with Gasteiger partial charge < -0.3 is 14.5 Å². The molecule has 36 heavy (non-hydrogen) atoms. The van der Waals surface area contributed by atoms with Gasteiger partial charge in [0.2, 0.25) is 0 Å². The van der Waals surface area contributed by atoms with Crippen LogP contribution < -0.4 is 10.1 Å². The van der Waals surface area contributed by atoms with Gasteiger partial charge in [0.1, 0.15) is 17.9 Å². The lowest BCUT2D eigenvalue weighted by Gasteiger charge is -2.09. The summed E-state index contributed by atoms with van der Waals surface area (Å²) in [5.74, 6) is -0.840. The molecule has 0 unspecified atom stereocenters. The molecular weight excluding hydrogens is 505 g/mol. The van der Waals surface area contributed by atoms with Crippen LogP contribution in [0.5, 0.6) is 5.75 Å². The van der Waals surface area contributed by atoms with E-state index >= 15 is 0 Å². The van der Waals surface area contributed by atoms with E-state index in [2.05, 4.69) is 10.3 Å². The monoisotopic (exact) mass is 529 g/mol. The molecule has 0 saturated heterocycles. The number of rotatable bonds is 9. The second kappa shape index (κ2) is 10.7. The molecule has 2 heterocycles. The first-order valence-electron chi connectivity index (χ1n) is 11.4. The van der Waals surface area contributed by atoms with Gasteiger partial charge in [-0.15, -0.1) is 0 Å². The van der Waals surface area contributed by atoms with Crippen LogP contribution in [0.4, 0.5) is 4.39 Å². The quantitative estimate of drug-likeness (QED) is 0.330. The molecule has 2 aromatic heterocycles. The molecule has 0 aliphatic heterocycles.